The normalized spacial score (nSPS) is 36.4. The van der Waals surface area contributed by atoms with E-state index in [1.165, 1.54) is 24.2 Å². The van der Waals surface area contributed by atoms with Gasteiger partial charge >= 0.3 is 12.0 Å². The number of carboxylic acid groups (broad SMARTS) is 1. The van der Waals surface area contributed by atoms with Crippen LogP contribution < -0.4 is 0 Å². The molecule has 2 amide bonds. The van der Waals surface area contributed by atoms with Crippen LogP contribution in [0.4, 0.5) is 4.79 Å². The van der Waals surface area contributed by atoms with Crippen molar-refractivity contribution >= 4 is 12.0 Å². The van der Waals surface area contributed by atoms with Gasteiger partial charge in [0.05, 0.1) is 6.10 Å². The Bertz CT molecular complexity index is 426. The lowest BCUT2D eigenvalue weighted by molar-refractivity contribution is -0.141. The molecule has 1 saturated carbocycles. The number of hydrogen-bond donors (Lipinski definition) is 2. The lowest BCUT2D eigenvalue weighted by atomic mass is 9.78. The molecule has 0 aromatic rings. The van der Waals surface area contributed by atoms with E-state index in [0.29, 0.717) is 5.92 Å². The van der Waals surface area contributed by atoms with E-state index in [1.807, 2.05) is 4.90 Å². The van der Waals surface area contributed by atoms with Gasteiger partial charge in [-0.15, -0.1) is 0 Å². The molecule has 6 heteroatoms. The summed E-state index contributed by atoms with van der Waals surface area (Å²) < 4.78 is 0. The van der Waals surface area contributed by atoms with Crippen molar-refractivity contribution in [1.82, 2.24) is 9.80 Å². The van der Waals surface area contributed by atoms with Crippen LogP contribution in [0.15, 0.2) is 0 Å². The molecule has 6 nitrogen and oxygen atoms in total. The van der Waals surface area contributed by atoms with E-state index >= 15 is 0 Å². The number of aliphatic hydroxyl groups excluding tert-OH is 1. The van der Waals surface area contributed by atoms with Crippen molar-refractivity contribution in [3.63, 3.8) is 0 Å². The number of carboxylic acids is 1. The molecular formula is C15H24N2O4. The number of aliphatic hydroxyl groups is 1. The highest BCUT2D eigenvalue weighted by Gasteiger charge is 2.44. The number of amides is 2. The summed E-state index contributed by atoms with van der Waals surface area (Å²) in [6.07, 6.45) is 6.20. The number of hydrogen-bond acceptors (Lipinski definition) is 3. The Labute approximate surface area is 124 Å². The molecule has 2 aliphatic heterocycles. The highest BCUT2D eigenvalue weighted by Crippen LogP contribution is 2.36. The molecule has 2 saturated heterocycles. The topological polar surface area (TPSA) is 81.1 Å². The van der Waals surface area contributed by atoms with Crippen LogP contribution in [0.5, 0.6) is 0 Å². The third kappa shape index (κ3) is 2.73. The van der Waals surface area contributed by atoms with Crippen molar-refractivity contribution in [3.05, 3.63) is 0 Å². The van der Waals surface area contributed by atoms with E-state index in [0.717, 1.165) is 25.8 Å². The second kappa shape index (κ2) is 5.83. The minimum atomic E-state index is -1.02. The smallest absolute Gasteiger partial charge is 0.326 e. The fraction of sp³-hybridized carbons (Fsp3) is 0.867. The van der Waals surface area contributed by atoms with E-state index in [4.69, 9.17) is 0 Å². The summed E-state index contributed by atoms with van der Waals surface area (Å²) in [5, 5.41) is 19.0. The van der Waals surface area contributed by atoms with E-state index in [9.17, 15) is 19.8 Å². The molecule has 21 heavy (non-hydrogen) atoms. The standard InChI is InChI=1S/C15H24N2O4/c18-11-8-13(14(19)20)17(9-11)15(21)16-7-3-5-10-4-1-2-6-12(10)16/h10-13,18H,1-9H2,(H,19,20)/t10-,11?,12-,13+/m1/s1. The molecule has 1 aliphatic carbocycles. The number of carbonyl (C=O) groups is 2. The van der Waals surface area contributed by atoms with Crippen LogP contribution in [0.2, 0.25) is 0 Å². The second-order valence-electron chi connectivity index (χ2n) is 6.63. The molecule has 2 heterocycles. The zero-order valence-corrected chi connectivity index (χ0v) is 12.3. The summed E-state index contributed by atoms with van der Waals surface area (Å²) in [4.78, 5) is 27.4. The number of nitrogens with zero attached hydrogens (tertiary/aromatic N) is 2. The third-order valence-electron chi connectivity index (χ3n) is 5.30. The Balaban J connectivity index is 1.75. The molecule has 3 fully saturated rings. The number of carbonyl (C=O) groups excluding carboxylic acids is 1. The van der Waals surface area contributed by atoms with Gasteiger partial charge in [0, 0.05) is 25.6 Å². The maximum atomic E-state index is 12.8. The van der Waals surface area contributed by atoms with Crippen LogP contribution >= 0.6 is 0 Å². The Hall–Kier alpha value is -1.30. The SMILES string of the molecule is O=C(O)[C@@H]1CC(O)CN1C(=O)N1CCC[C@H]2CCCC[C@H]21. The lowest BCUT2D eigenvalue weighted by Crippen LogP contribution is -2.56. The number of aliphatic carboxylic acids is 1. The predicted octanol–water partition coefficient (Wildman–Crippen LogP) is 1.28. The van der Waals surface area contributed by atoms with Crippen LogP contribution in [-0.4, -0.2) is 63.3 Å². The number of likely N-dealkylation sites (tertiary alicyclic amines) is 2. The number of rotatable bonds is 1. The maximum Gasteiger partial charge on any atom is 0.326 e. The lowest BCUT2D eigenvalue weighted by Gasteiger charge is -2.45. The van der Waals surface area contributed by atoms with Crippen LogP contribution in [0.1, 0.15) is 44.9 Å². The van der Waals surface area contributed by atoms with Gasteiger partial charge in [-0.05, 0) is 31.6 Å². The van der Waals surface area contributed by atoms with Crippen molar-refractivity contribution in [3.8, 4) is 0 Å². The number of urea groups is 1. The molecule has 0 radical (unpaired) electrons. The van der Waals surface area contributed by atoms with Gasteiger partial charge in [-0.1, -0.05) is 12.8 Å². The fourth-order valence-corrected chi connectivity index (χ4v) is 4.29. The van der Waals surface area contributed by atoms with Crippen LogP contribution in [0.3, 0.4) is 0 Å². The minimum Gasteiger partial charge on any atom is -0.480 e. The van der Waals surface area contributed by atoms with Crippen LogP contribution in [0.25, 0.3) is 0 Å². The average molecular weight is 296 g/mol. The molecule has 2 N–H and O–H groups in total. The molecule has 4 atom stereocenters. The monoisotopic (exact) mass is 296 g/mol. The molecule has 0 aromatic carbocycles. The Morgan fingerprint density at radius 1 is 1.00 bits per heavy atom. The molecule has 0 bridgehead atoms. The summed E-state index contributed by atoms with van der Waals surface area (Å²) in [7, 11) is 0. The van der Waals surface area contributed by atoms with Crippen molar-refractivity contribution in [2.45, 2.75) is 63.1 Å². The zero-order valence-electron chi connectivity index (χ0n) is 12.3. The average Bonchev–Trinajstić information content (AvgIpc) is 2.88. The zero-order chi connectivity index (χ0) is 15.0. The Kier molecular flexibility index (Phi) is 4.06. The molecular weight excluding hydrogens is 272 g/mol. The van der Waals surface area contributed by atoms with Gasteiger partial charge in [0.1, 0.15) is 6.04 Å². The summed E-state index contributed by atoms with van der Waals surface area (Å²) in [5.41, 5.74) is 0. The first-order chi connectivity index (χ1) is 10.1. The van der Waals surface area contributed by atoms with Gasteiger partial charge in [-0.25, -0.2) is 9.59 Å². The first kappa shape index (κ1) is 14.6. The molecule has 0 aromatic heterocycles. The fourth-order valence-electron chi connectivity index (χ4n) is 4.29. The van der Waals surface area contributed by atoms with Crippen molar-refractivity contribution in [1.29, 1.82) is 0 Å². The summed E-state index contributed by atoms with van der Waals surface area (Å²) in [6, 6.07) is -0.792. The molecule has 0 spiro atoms. The van der Waals surface area contributed by atoms with Gasteiger partial charge in [-0.3, -0.25) is 0 Å². The molecule has 3 rings (SSSR count). The van der Waals surface area contributed by atoms with Gasteiger partial charge < -0.3 is 20.0 Å². The maximum absolute atomic E-state index is 12.8. The number of β-amino-alcohol motifs (C(OH)–C–C–N with tert-alkyl or cyclic N) is 1. The second-order valence-corrected chi connectivity index (χ2v) is 6.63. The van der Waals surface area contributed by atoms with Gasteiger partial charge in [0.15, 0.2) is 0 Å². The van der Waals surface area contributed by atoms with Gasteiger partial charge in [-0.2, -0.15) is 0 Å². The largest absolute Gasteiger partial charge is 0.480 e. The number of fused-ring (bicyclic) bond motifs is 1. The van der Waals surface area contributed by atoms with Crippen LogP contribution in [0, 0.1) is 5.92 Å². The van der Waals surface area contributed by atoms with Crippen molar-refractivity contribution in [2.24, 2.45) is 5.92 Å². The highest BCUT2D eigenvalue weighted by molar-refractivity contribution is 5.83. The van der Waals surface area contributed by atoms with E-state index in [1.54, 1.807) is 0 Å². The third-order valence-corrected chi connectivity index (χ3v) is 5.30. The van der Waals surface area contributed by atoms with E-state index in [-0.39, 0.29) is 25.0 Å². The number of piperidine rings is 1. The summed E-state index contributed by atoms with van der Waals surface area (Å²) >= 11 is 0. The van der Waals surface area contributed by atoms with Crippen LogP contribution in [-0.2, 0) is 4.79 Å². The Morgan fingerprint density at radius 3 is 2.48 bits per heavy atom. The minimum absolute atomic E-state index is 0.142. The summed E-state index contributed by atoms with van der Waals surface area (Å²) in [6.45, 7) is 0.864. The first-order valence-corrected chi connectivity index (χ1v) is 8.06. The van der Waals surface area contributed by atoms with Crippen molar-refractivity contribution < 1.29 is 19.8 Å². The van der Waals surface area contributed by atoms with E-state index < -0.39 is 18.1 Å². The quantitative estimate of drug-likeness (QED) is 0.764. The first-order valence-electron chi connectivity index (χ1n) is 8.06. The summed E-state index contributed by atoms with van der Waals surface area (Å²) in [5.74, 6) is -0.440. The van der Waals surface area contributed by atoms with E-state index in [2.05, 4.69) is 0 Å². The van der Waals surface area contributed by atoms with Gasteiger partial charge in [0.2, 0.25) is 0 Å². The molecule has 1 unspecified atom stereocenters. The van der Waals surface area contributed by atoms with Gasteiger partial charge in [0.25, 0.3) is 0 Å². The van der Waals surface area contributed by atoms with Crippen molar-refractivity contribution in [2.75, 3.05) is 13.1 Å². The predicted molar refractivity (Wildman–Crippen MR) is 75.8 cm³/mol. The highest BCUT2D eigenvalue weighted by atomic mass is 16.4. The molecule has 3 aliphatic rings. The molecule has 118 valence electrons. The Morgan fingerprint density at radius 2 is 1.71 bits per heavy atom.